The largest absolute Gasteiger partial charge is 0.493 e. The number of carbonyl (C=O) groups excluding carboxylic acids is 1. The second kappa shape index (κ2) is 9.97. The van der Waals surface area contributed by atoms with Gasteiger partial charge in [-0.05, 0) is 30.2 Å². The maximum absolute atomic E-state index is 12.4. The highest BCUT2D eigenvalue weighted by atomic mass is 32.2. The second-order valence-electron chi connectivity index (χ2n) is 6.29. The van der Waals surface area contributed by atoms with Crippen molar-refractivity contribution in [3.8, 4) is 11.5 Å². The third-order valence-electron chi connectivity index (χ3n) is 4.21. The van der Waals surface area contributed by atoms with Gasteiger partial charge >= 0.3 is 0 Å². The van der Waals surface area contributed by atoms with Gasteiger partial charge in [0.1, 0.15) is 0 Å². The number of methoxy groups -OCH3 is 2. The Hall–Kier alpha value is -3.00. The minimum absolute atomic E-state index is 0.118. The summed E-state index contributed by atoms with van der Waals surface area (Å²) in [4.78, 5) is 12.4. The van der Waals surface area contributed by atoms with Crippen LogP contribution in [0.15, 0.2) is 58.2 Å². The summed E-state index contributed by atoms with van der Waals surface area (Å²) in [5.41, 5.74) is 2.00. The number of nitrogens with one attached hydrogen (secondary N) is 1. The highest BCUT2D eigenvalue weighted by Crippen LogP contribution is 2.27. The second-order valence-corrected chi connectivity index (χ2v) is 7.58. The summed E-state index contributed by atoms with van der Waals surface area (Å²) >= 11 is 1.23. The molecule has 0 saturated carbocycles. The summed E-state index contributed by atoms with van der Waals surface area (Å²) in [7, 11) is 3.16. The molecule has 0 unspecified atom stereocenters. The van der Waals surface area contributed by atoms with Crippen LogP contribution in [0.4, 0.5) is 0 Å². The van der Waals surface area contributed by atoms with Gasteiger partial charge in [-0.1, -0.05) is 48.2 Å². The van der Waals surface area contributed by atoms with Crippen LogP contribution in [0.5, 0.6) is 11.5 Å². The number of carbonyl (C=O) groups is 1. The van der Waals surface area contributed by atoms with Crippen molar-refractivity contribution in [2.24, 2.45) is 0 Å². The smallest absolute Gasteiger partial charge is 0.277 e. The molecular weight excluding hydrogens is 390 g/mol. The first kappa shape index (κ1) is 20.7. The number of aromatic nitrogens is 2. The van der Waals surface area contributed by atoms with E-state index < -0.39 is 0 Å². The molecule has 1 aromatic heterocycles. The molecule has 0 aliphatic heterocycles. The first-order valence-corrected chi connectivity index (χ1v) is 9.98. The standard InChI is InChI=1S/C21H23N3O4S/c1-14(20(25)22-13-16-9-10-17(26-2)18(11-16)27-3)29-21-24-23-19(28-21)12-15-7-5-4-6-8-15/h4-11,14H,12-13H2,1-3H3,(H,22,25)/t14-/m1/s1. The van der Waals surface area contributed by atoms with Crippen LogP contribution in [-0.2, 0) is 17.8 Å². The lowest BCUT2D eigenvalue weighted by Crippen LogP contribution is -2.30. The quantitative estimate of drug-likeness (QED) is 0.538. The number of rotatable bonds is 9. The molecule has 8 heteroatoms. The highest BCUT2D eigenvalue weighted by Gasteiger charge is 2.18. The fraction of sp³-hybridized carbons (Fsp3) is 0.286. The van der Waals surface area contributed by atoms with Crippen molar-refractivity contribution in [2.45, 2.75) is 30.4 Å². The summed E-state index contributed by atoms with van der Waals surface area (Å²) in [6.45, 7) is 2.18. The van der Waals surface area contributed by atoms with E-state index in [1.807, 2.05) is 48.5 Å². The van der Waals surface area contributed by atoms with E-state index in [0.717, 1.165) is 11.1 Å². The van der Waals surface area contributed by atoms with E-state index in [9.17, 15) is 4.79 Å². The fourth-order valence-electron chi connectivity index (χ4n) is 2.66. The molecular formula is C21H23N3O4S. The lowest BCUT2D eigenvalue weighted by atomic mass is 10.2. The molecule has 0 aliphatic carbocycles. The molecule has 0 saturated heterocycles. The van der Waals surface area contributed by atoms with Crippen molar-refractivity contribution < 1.29 is 18.7 Å². The van der Waals surface area contributed by atoms with Crippen molar-refractivity contribution in [1.82, 2.24) is 15.5 Å². The molecule has 3 aromatic rings. The van der Waals surface area contributed by atoms with Gasteiger partial charge in [0.2, 0.25) is 11.8 Å². The molecule has 0 spiro atoms. The molecule has 7 nitrogen and oxygen atoms in total. The average molecular weight is 413 g/mol. The lowest BCUT2D eigenvalue weighted by molar-refractivity contribution is -0.120. The third kappa shape index (κ3) is 5.74. The molecule has 0 bridgehead atoms. The molecule has 3 rings (SSSR count). The monoisotopic (exact) mass is 413 g/mol. The minimum Gasteiger partial charge on any atom is -0.493 e. The maximum atomic E-state index is 12.4. The minimum atomic E-state index is -0.375. The number of amides is 1. The number of hydrogen-bond donors (Lipinski definition) is 1. The van der Waals surface area contributed by atoms with Gasteiger partial charge in [0.05, 0.1) is 25.9 Å². The predicted octanol–water partition coefficient (Wildman–Crippen LogP) is 3.47. The molecule has 1 heterocycles. The van der Waals surface area contributed by atoms with Gasteiger partial charge in [-0.3, -0.25) is 4.79 Å². The Labute approximate surface area is 173 Å². The molecule has 152 valence electrons. The normalized spacial score (nSPS) is 11.7. The summed E-state index contributed by atoms with van der Waals surface area (Å²) in [6, 6.07) is 15.4. The van der Waals surface area contributed by atoms with Gasteiger partial charge in [-0.15, -0.1) is 10.2 Å². The molecule has 1 atom stereocenters. The van der Waals surface area contributed by atoms with Crippen LogP contribution in [0.3, 0.4) is 0 Å². The average Bonchev–Trinajstić information content (AvgIpc) is 3.18. The van der Waals surface area contributed by atoms with E-state index in [1.165, 1.54) is 11.8 Å². The van der Waals surface area contributed by atoms with Crippen molar-refractivity contribution in [3.63, 3.8) is 0 Å². The van der Waals surface area contributed by atoms with Crippen LogP contribution in [-0.4, -0.2) is 35.6 Å². The molecule has 0 aliphatic rings. The Morgan fingerprint density at radius 3 is 2.55 bits per heavy atom. The van der Waals surface area contributed by atoms with Crippen molar-refractivity contribution in [1.29, 1.82) is 0 Å². The SMILES string of the molecule is COc1ccc(CNC(=O)[C@@H](C)Sc2nnc(Cc3ccccc3)o2)cc1OC. The van der Waals surface area contributed by atoms with Gasteiger partial charge in [-0.25, -0.2) is 0 Å². The van der Waals surface area contributed by atoms with Crippen molar-refractivity contribution in [3.05, 3.63) is 65.5 Å². The van der Waals surface area contributed by atoms with Crippen molar-refractivity contribution >= 4 is 17.7 Å². The van der Waals surface area contributed by atoms with Crippen LogP contribution in [0, 0.1) is 0 Å². The topological polar surface area (TPSA) is 86.5 Å². The van der Waals surface area contributed by atoms with E-state index in [2.05, 4.69) is 15.5 Å². The van der Waals surface area contributed by atoms with E-state index in [-0.39, 0.29) is 11.2 Å². The summed E-state index contributed by atoms with van der Waals surface area (Å²) < 4.78 is 16.2. The van der Waals surface area contributed by atoms with E-state index in [1.54, 1.807) is 21.1 Å². The first-order valence-electron chi connectivity index (χ1n) is 9.10. The zero-order valence-corrected chi connectivity index (χ0v) is 17.4. The van der Waals surface area contributed by atoms with Crippen LogP contribution >= 0.6 is 11.8 Å². The molecule has 2 aromatic carbocycles. The molecule has 0 radical (unpaired) electrons. The Morgan fingerprint density at radius 2 is 1.83 bits per heavy atom. The Bertz CT molecular complexity index is 946. The Kier molecular flexibility index (Phi) is 7.13. The number of nitrogens with zero attached hydrogens (tertiary/aromatic N) is 2. The Morgan fingerprint density at radius 1 is 1.07 bits per heavy atom. The zero-order valence-electron chi connectivity index (χ0n) is 16.5. The van der Waals surface area contributed by atoms with E-state index >= 15 is 0 Å². The number of thioether (sulfide) groups is 1. The Balaban J connectivity index is 1.52. The van der Waals surface area contributed by atoms with Gasteiger partial charge in [0.25, 0.3) is 5.22 Å². The van der Waals surface area contributed by atoms with Crippen LogP contribution in [0.2, 0.25) is 0 Å². The molecule has 1 amide bonds. The van der Waals surface area contributed by atoms with Crippen molar-refractivity contribution in [2.75, 3.05) is 14.2 Å². The summed E-state index contributed by atoms with van der Waals surface area (Å²) in [6.07, 6.45) is 0.564. The van der Waals surface area contributed by atoms with Crippen LogP contribution in [0.1, 0.15) is 23.9 Å². The zero-order chi connectivity index (χ0) is 20.6. The number of hydrogen-bond acceptors (Lipinski definition) is 7. The summed E-state index contributed by atoms with van der Waals surface area (Å²) in [5.74, 6) is 1.68. The number of ether oxygens (including phenoxy) is 2. The summed E-state index contributed by atoms with van der Waals surface area (Å²) in [5, 5.41) is 11.0. The van der Waals surface area contributed by atoms with Crippen LogP contribution < -0.4 is 14.8 Å². The van der Waals surface area contributed by atoms with Gasteiger partial charge in [0, 0.05) is 6.54 Å². The van der Waals surface area contributed by atoms with Crippen LogP contribution in [0.25, 0.3) is 0 Å². The predicted molar refractivity (Wildman–Crippen MR) is 110 cm³/mol. The van der Waals surface area contributed by atoms with Gasteiger partial charge in [-0.2, -0.15) is 0 Å². The maximum Gasteiger partial charge on any atom is 0.277 e. The third-order valence-corrected chi connectivity index (χ3v) is 5.14. The first-order chi connectivity index (χ1) is 14.1. The molecule has 0 fully saturated rings. The molecule has 1 N–H and O–H groups in total. The fourth-order valence-corrected chi connectivity index (χ4v) is 3.38. The highest BCUT2D eigenvalue weighted by molar-refractivity contribution is 8.00. The van der Waals surface area contributed by atoms with Gasteiger partial charge < -0.3 is 19.2 Å². The lowest BCUT2D eigenvalue weighted by Gasteiger charge is -2.12. The number of benzene rings is 2. The molecule has 29 heavy (non-hydrogen) atoms. The van der Waals surface area contributed by atoms with E-state index in [0.29, 0.717) is 35.6 Å². The van der Waals surface area contributed by atoms with Gasteiger partial charge in [0.15, 0.2) is 11.5 Å². The van der Waals surface area contributed by atoms with E-state index in [4.69, 9.17) is 13.9 Å².